The van der Waals surface area contributed by atoms with Crippen LogP contribution in [0.2, 0.25) is 0 Å². The third kappa shape index (κ3) is 2.85. The lowest BCUT2D eigenvalue weighted by Crippen LogP contribution is -2.42. The van der Waals surface area contributed by atoms with E-state index in [1.54, 1.807) is 24.3 Å². The molecule has 4 nitrogen and oxygen atoms in total. The van der Waals surface area contributed by atoms with Gasteiger partial charge in [0.05, 0.1) is 18.7 Å². The molecule has 27 heavy (non-hydrogen) atoms. The Morgan fingerprint density at radius 2 is 1.74 bits per heavy atom. The van der Waals surface area contributed by atoms with Crippen molar-refractivity contribution in [1.82, 2.24) is 0 Å². The summed E-state index contributed by atoms with van der Waals surface area (Å²) >= 11 is 0. The Balaban J connectivity index is 2.07. The van der Waals surface area contributed by atoms with Crippen molar-refractivity contribution in [1.29, 1.82) is 0 Å². The maximum absolute atomic E-state index is 13.2. The molecule has 1 N–H and O–H groups in total. The van der Waals surface area contributed by atoms with E-state index in [4.69, 9.17) is 6.42 Å². The number of aliphatic hydroxyl groups is 1. The van der Waals surface area contributed by atoms with E-state index in [0.29, 0.717) is 16.8 Å². The largest absolute Gasteiger partial charge is 0.375 e. The van der Waals surface area contributed by atoms with Gasteiger partial charge in [0.25, 0.3) is 5.91 Å². The minimum absolute atomic E-state index is 0.0496. The number of hydrogen-bond acceptors (Lipinski definition) is 3. The van der Waals surface area contributed by atoms with Gasteiger partial charge in [0.2, 0.25) is 0 Å². The summed E-state index contributed by atoms with van der Waals surface area (Å²) in [5.74, 6) is 1.65. The van der Waals surface area contributed by atoms with Crippen LogP contribution in [0.5, 0.6) is 0 Å². The molecule has 1 aliphatic rings. The zero-order valence-electron chi connectivity index (χ0n) is 16.1. The minimum atomic E-state index is -1.90. The second kappa shape index (κ2) is 6.68. The average molecular weight is 361 g/mol. The van der Waals surface area contributed by atoms with Gasteiger partial charge in [0.1, 0.15) is 0 Å². The van der Waals surface area contributed by atoms with Crippen molar-refractivity contribution in [3.8, 4) is 12.3 Å². The molecule has 0 saturated heterocycles. The number of ketones is 1. The molecular formula is C23H23NO3. The summed E-state index contributed by atoms with van der Waals surface area (Å²) in [4.78, 5) is 27.5. The van der Waals surface area contributed by atoms with Crippen molar-refractivity contribution >= 4 is 17.4 Å². The van der Waals surface area contributed by atoms with E-state index in [9.17, 15) is 14.7 Å². The van der Waals surface area contributed by atoms with Crippen LogP contribution in [0.15, 0.2) is 30.3 Å². The van der Waals surface area contributed by atoms with Crippen LogP contribution in [-0.4, -0.2) is 23.3 Å². The van der Waals surface area contributed by atoms with Gasteiger partial charge in [-0.05, 0) is 56.0 Å². The summed E-state index contributed by atoms with van der Waals surface area (Å²) in [6.45, 7) is 7.76. The number of benzene rings is 2. The summed E-state index contributed by atoms with van der Waals surface area (Å²) < 4.78 is 0. The van der Waals surface area contributed by atoms with E-state index in [1.807, 2.05) is 33.8 Å². The monoisotopic (exact) mass is 361 g/mol. The first kappa shape index (κ1) is 18.9. The quantitative estimate of drug-likeness (QED) is 0.671. The Morgan fingerprint density at radius 3 is 2.33 bits per heavy atom. The molecule has 2 aromatic rings. The second-order valence-electron chi connectivity index (χ2n) is 7.21. The molecule has 0 bridgehead atoms. The molecule has 1 atom stereocenters. The number of hydrogen-bond donors (Lipinski definition) is 1. The molecule has 1 amide bonds. The van der Waals surface area contributed by atoms with Gasteiger partial charge in [-0.15, -0.1) is 6.42 Å². The molecule has 2 aromatic carbocycles. The van der Waals surface area contributed by atoms with Gasteiger partial charge in [-0.2, -0.15) is 0 Å². The number of rotatable bonds is 4. The van der Waals surface area contributed by atoms with Crippen molar-refractivity contribution in [3.05, 3.63) is 63.7 Å². The van der Waals surface area contributed by atoms with E-state index in [2.05, 4.69) is 5.92 Å². The van der Waals surface area contributed by atoms with Crippen LogP contribution in [0.4, 0.5) is 5.69 Å². The van der Waals surface area contributed by atoms with Gasteiger partial charge >= 0.3 is 0 Å². The molecule has 0 fully saturated rings. The molecule has 0 saturated carbocycles. The van der Waals surface area contributed by atoms with E-state index in [0.717, 1.165) is 22.3 Å². The Morgan fingerprint density at radius 1 is 1.15 bits per heavy atom. The molecule has 4 heteroatoms. The molecule has 1 unspecified atom stereocenters. The van der Waals surface area contributed by atoms with Gasteiger partial charge in [-0.25, -0.2) is 0 Å². The first-order valence-electron chi connectivity index (χ1n) is 8.90. The number of fused-ring (bicyclic) bond motifs is 1. The molecule has 138 valence electrons. The normalized spacial score (nSPS) is 18.4. The summed E-state index contributed by atoms with van der Waals surface area (Å²) in [5, 5.41) is 11.3. The van der Waals surface area contributed by atoms with Crippen molar-refractivity contribution in [2.75, 3.05) is 11.4 Å². The predicted octanol–water partition coefficient (Wildman–Crippen LogP) is 3.36. The fourth-order valence-electron chi connectivity index (χ4n) is 3.88. The van der Waals surface area contributed by atoms with E-state index in [-0.39, 0.29) is 18.7 Å². The molecule has 1 heterocycles. The summed E-state index contributed by atoms with van der Waals surface area (Å²) in [6.07, 6.45) is 5.08. The zero-order chi connectivity index (χ0) is 19.9. The molecule has 0 aliphatic carbocycles. The predicted molar refractivity (Wildman–Crippen MR) is 106 cm³/mol. The third-order valence-electron chi connectivity index (χ3n) is 5.55. The zero-order valence-corrected chi connectivity index (χ0v) is 16.1. The number of nitrogens with zero attached hydrogens (tertiary/aromatic N) is 1. The van der Waals surface area contributed by atoms with Crippen LogP contribution in [-0.2, 0) is 10.4 Å². The highest BCUT2D eigenvalue weighted by Gasteiger charge is 2.50. The number of amides is 1. The van der Waals surface area contributed by atoms with Crippen LogP contribution >= 0.6 is 0 Å². The van der Waals surface area contributed by atoms with E-state index < -0.39 is 11.5 Å². The van der Waals surface area contributed by atoms with Crippen molar-refractivity contribution in [3.63, 3.8) is 0 Å². The van der Waals surface area contributed by atoms with Gasteiger partial charge in [0.15, 0.2) is 11.4 Å². The fraction of sp³-hybridized carbons (Fsp3) is 0.304. The lowest BCUT2D eigenvalue weighted by molar-refractivity contribution is -0.135. The van der Waals surface area contributed by atoms with Crippen LogP contribution in [0, 0.1) is 40.0 Å². The lowest BCUT2D eigenvalue weighted by Gasteiger charge is -2.23. The maximum Gasteiger partial charge on any atom is 0.265 e. The molecule has 1 aliphatic heterocycles. The highest BCUT2D eigenvalue weighted by Crippen LogP contribution is 2.43. The van der Waals surface area contributed by atoms with Gasteiger partial charge < -0.3 is 5.11 Å². The number of Topliss-reactive ketones (excluding diaryl/α,β-unsaturated/α-hetero) is 1. The number of carbonyl (C=O) groups is 2. The first-order chi connectivity index (χ1) is 12.7. The Labute approximate surface area is 159 Å². The van der Waals surface area contributed by atoms with Crippen molar-refractivity contribution < 1.29 is 14.7 Å². The van der Waals surface area contributed by atoms with Crippen LogP contribution in [0.1, 0.15) is 44.6 Å². The topological polar surface area (TPSA) is 57.6 Å². The highest BCUT2D eigenvalue weighted by molar-refractivity contribution is 6.11. The Hall–Kier alpha value is -2.90. The average Bonchev–Trinajstić information content (AvgIpc) is 2.83. The number of aryl methyl sites for hydroxylation is 2. The number of anilines is 1. The molecule has 0 aromatic heterocycles. The minimum Gasteiger partial charge on any atom is -0.375 e. The Bertz CT molecular complexity index is 973. The summed E-state index contributed by atoms with van der Waals surface area (Å²) in [6, 6.07) is 8.98. The van der Waals surface area contributed by atoms with Gasteiger partial charge in [-0.1, -0.05) is 30.2 Å². The standard InChI is InChI=1S/C23H23NO3/c1-6-11-24-19-10-8-7-9-18(19)23(27,22(24)26)13-20(25)21-16(4)14(2)12-15(3)17(21)5/h1,7-10,12,27H,11,13H2,2-5H3. The maximum atomic E-state index is 13.2. The van der Waals surface area contributed by atoms with Crippen LogP contribution < -0.4 is 4.90 Å². The van der Waals surface area contributed by atoms with Gasteiger partial charge in [0, 0.05) is 11.1 Å². The number of terminal acetylenes is 1. The summed E-state index contributed by atoms with van der Waals surface area (Å²) in [5.41, 5.74) is 3.46. The first-order valence-corrected chi connectivity index (χ1v) is 8.90. The smallest absolute Gasteiger partial charge is 0.265 e. The molecule has 0 radical (unpaired) electrons. The van der Waals surface area contributed by atoms with Crippen LogP contribution in [0.25, 0.3) is 0 Å². The number of para-hydroxylation sites is 1. The molecule has 0 spiro atoms. The number of carbonyl (C=O) groups excluding carboxylic acids is 2. The van der Waals surface area contributed by atoms with Gasteiger partial charge in [-0.3, -0.25) is 14.5 Å². The van der Waals surface area contributed by atoms with E-state index in [1.165, 1.54) is 4.90 Å². The second-order valence-corrected chi connectivity index (χ2v) is 7.21. The summed E-state index contributed by atoms with van der Waals surface area (Å²) in [7, 11) is 0. The van der Waals surface area contributed by atoms with Crippen LogP contribution in [0.3, 0.4) is 0 Å². The third-order valence-corrected chi connectivity index (χ3v) is 5.55. The van der Waals surface area contributed by atoms with E-state index >= 15 is 0 Å². The molecule has 3 rings (SSSR count). The Kier molecular flexibility index (Phi) is 4.67. The van der Waals surface area contributed by atoms with Crippen molar-refractivity contribution in [2.24, 2.45) is 0 Å². The fourth-order valence-corrected chi connectivity index (χ4v) is 3.88. The SMILES string of the molecule is C#CCN1C(=O)C(O)(CC(=O)c2c(C)c(C)cc(C)c2C)c2ccccc21. The highest BCUT2D eigenvalue weighted by atomic mass is 16.3. The lowest BCUT2D eigenvalue weighted by atomic mass is 9.84. The molecular weight excluding hydrogens is 338 g/mol. The van der Waals surface area contributed by atoms with Crippen molar-refractivity contribution in [2.45, 2.75) is 39.7 Å².